The van der Waals surface area contributed by atoms with Crippen LogP contribution in [0.1, 0.15) is 27.7 Å². The van der Waals surface area contributed by atoms with Crippen molar-refractivity contribution < 1.29 is 33.2 Å². The molecule has 0 unspecified atom stereocenters. The maximum atomic E-state index is 13.0. The van der Waals surface area contributed by atoms with Crippen LogP contribution in [0, 0.1) is 0 Å². The first-order valence-corrected chi connectivity index (χ1v) is 9.00. The molecule has 3 aliphatic rings. The normalized spacial score (nSPS) is 36.0. The van der Waals surface area contributed by atoms with E-state index < -0.39 is 42.3 Å². The number of ether oxygens (including phenoxy) is 6. The number of nitrogens with one attached hydrogen (secondary N) is 1. The second kappa shape index (κ2) is 6.42. The first-order valence-electron chi connectivity index (χ1n) is 9.00. The van der Waals surface area contributed by atoms with Gasteiger partial charge in [-0.15, -0.1) is 0 Å². The van der Waals surface area contributed by atoms with Gasteiger partial charge in [-0.1, -0.05) is 12.1 Å². The third-order valence-electron chi connectivity index (χ3n) is 4.78. The number of hydrogen-bond donors (Lipinski definition) is 1. The van der Waals surface area contributed by atoms with E-state index in [9.17, 15) is 4.79 Å². The van der Waals surface area contributed by atoms with Gasteiger partial charge in [0, 0.05) is 0 Å². The van der Waals surface area contributed by atoms with E-state index in [0.717, 1.165) is 0 Å². The van der Waals surface area contributed by atoms with Gasteiger partial charge >= 0.3 is 0 Å². The summed E-state index contributed by atoms with van der Waals surface area (Å²) in [5.41, 5.74) is 0.550. The van der Waals surface area contributed by atoms with Crippen LogP contribution in [0.4, 0.5) is 5.69 Å². The summed E-state index contributed by atoms with van der Waals surface area (Å²) in [4.78, 5) is 13.0. The predicted octanol–water partition coefficient (Wildman–Crippen LogP) is 2.03. The molecule has 1 N–H and O–H groups in total. The molecule has 0 aromatic heterocycles. The maximum Gasteiger partial charge on any atom is 0.256 e. The van der Waals surface area contributed by atoms with Gasteiger partial charge in [0.1, 0.15) is 24.1 Å². The summed E-state index contributed by atoms with van der Waals surface area (Å²) >= 11 is 0. The summed E-state index contributed by atoms with van der Waals surface area (Å²) in [7, 11) is 1.55. The largest absolute Gasteiger partial charge is 0.495 e. The second-order valence-corrected chi connectivity index (χ2v) is 7.78. The fourth-order valence-electron chi connectivity index (χ4n) is 3.78. The summed E-state index contributed by atoms with van der Waals surface area (Å²) in [6.07, 6.45) is -3.20. The highest BCUT2D eigenvalue weighted by atomic mass is 16.9. The molecule has 3 fully saturated rings. The smallest absolute Gasteiger partial charge is 0.256 e. The topological polar surface area (TPSA) is 84.5 Å². The molecule has 3 aliphatic heterocycles. The SMILES string of the molecule is COc1ccccc1NC(=O)[C@H]1O[C@@H]2OC(C)(C)O[C@@H]2[C@H]2OC(C)(C)O[C@H]21. The molecule has 3 heterocycles. The van der Waals surface area contributed by atoms with Crippen molar-refractivity contribution in [3.63, 3.8) is 0 Å². The molecule has 5 atom stereocenters. The molecule has 0 aliphatic carbocycles. The lowest BCUT2D eigenvalue weighted by Gasteiger charge is -2.36. The number of anilines is 1. The van der Waals surface area contributed by atoms with Crippen LogP contribution in [-0.2, 0) is 28.5 Å². The van der Waals surface area contributed by atoms with Crippen molar-refractivity contribution in [1.82, 2.24) is 0 Å². The Hall–Kier alpha value is -1.71. The zero-order chi connectivity index (χ0) is 19.4. The first-order chi connectivity index (χ1) is 12.7. The average Bonchev–Trinajstić information content (AvgIpc) is 3.08. The van der Waals surface area contributed by atoms with Gasteiger partial charge in [0.2, 0.25) is 0 Å². The Morgan fingerprint density at radius 3 is 2.33 bits per heavy atom. The summed E-state index contributed by atoms with van der Waals surface area (Å²) in [5.74, 6) is -1.49. The molecule has 0 bridgehead atoms. The molecule has 3 saturated heterocycles. The van der Waals surface area contributed by atoms with Crippen molar-refractivity contribution >= 4 is 11.6 Å². The summed E-state index contributed by atoms with van der Waals surface area (Å²) in [5, 5.41) is 2.85. The average molecular weight is 379 g/mol. The van der Waals surface area contributed by atoms with Crippen molar-refractivity contribution in [2.45, 2.75) is 70.0 Å². The number of methoxy groups -OCH3 is 1. The lowest BCUT2D eigenvalue weighted by molar-refractivity contribution is -0.229. The zero-order valence-corrected chi connectivity index (χ0v) is 16.1. The van der Waals surface area contributed by atoms with Gasteiger partial charge in [0.15, 0.2) is 24.0 Å². The van der Waals surface area contributed by atoms with E-state index >= 15 is 0 Å². The van der Waals surface area contributed by atoms with Crippen LogP contribution in [0.5, 0.6) is 5.75 Å². The Balaban J connectivity index is 1.59. The monoisotopic (exact) mass is 379 g/mol. The molecule has 4 rings (SSSR count). The zero-order valence-electron chi connectivity index (χ0n) is 16.1. The van der Waals surface area contributed by atoms with Gasteiger partial charge in [-0.3, -0.25) is 4.79 Å². The van der Waals surface area contributed by atoms with Gasteiger partial charge in [-0.05, 0) is 39.8 Å². The molecule has 1 amide bonds. The van der Waals surface area contributed by atoms with E-state index in [0.29, 0.717) is 11.4 Å². The van der Waals surface area contributed by atoms with Gasteiger partial charge in [-0.25, -0.2) is 0 Å². The van der Waals surface area contributed by atoms with Crippen molar-refractivity contribution in [3.05, 3.63) is 24.3 Å². The molecule has 148 valence electrons. The van der Waals surface area contributed by atoms with Crippen LogP contribution < -0.4 is 10.1 Å². The maximum absolute atomic E-state index is 13.0. The second-order valence-electron chi connectivity index (χ2n) is 7.78. The number of amides is 1. The Labute approximate surface area is 158 Å². The number of benzene rings is 1. The molecule has 1 aromatic rings. The van der Waals surface area contributed by atoms with Crippen LogP contribution in [0.25, 0.3) is 0 Å². The quantitative estimate of drug-likeness (QED) is 0.860. The van der Waals surface area contributed by atoms with Crippen LogP contribution in [0.2, 0.25) is 0 Å². The van der Waals surface area contributed by atoms with E-state index in [1.54, 1.807) is 46.9 Å². The van der Waals surface area contributed by atoms with Crippen molar-refractivity contribution in [2.24, 2.45) is 0 Å². The molecule has 8 nitrogen and oxygen atoms in total. The first kappa shape index (κ1) is 18.6. The van der Waals surface area contributed by atoms with Crippen LogP contribution in [0.3, 0.4) is 0 Å². The highest BCUT2D eigenvalue weighted by molar-refractivity contribution is 5.96. The molecule has 8 heteroatoms. The van der Waals surface area contributed by atoms with E-state index in [1.807, 2.05) is 12.1 Å². The molecule has 0 spiro atoms. The van der Waals surface area contributed by atoms with Crippen molar-refractivity contribution in [1.29, 1.82) is 0 Å². The Kier molecular flexibility index (Phi) is 4.44. The minimum atomic E-state index is -0.916. The molecule has 27 heavy (non-hydrogen) atoms. The lowest BCUT2D eigenvalue weighted by Crippen LogP contribution is -2.58. The van der Waals surface area contributed by atoms with Crippen molar-refractivity contribution in [3.8, 4) is 5.75 Å². The fourth-order valence-corrected chi connectivity index (χ4v) is 3.78. The number of fused-ring (bicyclic) bond motifs is 3. The number of carbonyl (C=O) groups is 1. The predicted molar refractivity (Wildman–Crippen MR) is 94.1 cm³/mol. The molecular weight excluding hydrogens is 354 g/mol. The van der Waals surface area contributed by atoms with Crippen LogP contribution in [-0.4, -0.2) is 55.3 Å². The molecule has 1 aromatic carbocycles. The Bertz CT molecular complexity index is 735. The number of rotatable bonds is 3. The molecule has 0 saturated carbocycles. The number of hydrogen-bond acceptors (Lipinski definition) is 7. The standard InChI is InChI=1S/C19H25NO7/c1-18(2)24-12-13(25-18)15-17(27-19(3,4)26-15)23-14(12)16(21)20-10-8-6-7-9-11(10)22-5/h6-9,12-15,17H,1-5H3,(H,20,21)/t12-,13+,14+,15-,17-/m1/s1. The molecular formula is C19H25NO7. The van der Waals surface area contributed by atoms with Crippen molar-refractivity contribution in [2.75, 3.05) is 12.4 Å². The minimum absolute atomic E-state index is 0.359. The van der Waals surface area contributed by atoms with E-state index in [4.69, 9.17) is 28.4 Å². The van der Waals surface area contributed by atoms with E-state index in [2.05, 4.69) is 5.32 Å². The third-order valence-corrected chi connectivity index (χ3v) is 4.78. The number of para-hydroxylation sites is 2. The third kappa shape index (κ3) is 3.43. The van der Waals surface area contributed by atoms with Gasteiger partial charge in [-0.2, -0.15) is 0 Å². The van der Waals surface area contributed by atoms with Crippen LogP contribution >= 0.6 is 0 Å². The summed E-state index contributed by atoms with van der Waals surface area (Å²) in [6.45, 7) is 7.20. The number of carbonyl (C=O) groups excluding carboxylic acids is 1. The van der Waals surface area contributed by atoms with Gasteiger partial charge < -0.3 is 33.7 Å². The highest BCUT2D eigenvalue weighted by Crippen LogP contribution is 2.44. The van der Waals surface area contributed by atoms with Crippen LogP contribution in [0.15, 0.2) is 24.3 Å². The van der Waals surface area contributed by atoms with Gasteiger partial charge in [0.05, 0.1) is 12.8 Å². The fraction of sp³-hybridized carbons (Fsp3) is 0.632. The Morgan fingerprint density at radius 1 is 0.963 bits per heavy atom. The van der Waals surface area contributed by atoms with E-state index in [-0.39, 0.29) is 5.91 Å². The summed E-state index contributed by atoms with van der Waals surface area (Å²) < 4.78 is 35.0. The van der Waals surface area contributed by atoms with Gasteiger partial charge in [0.25, 0.3) is 5.91 Å². The Morgan fingerprint density at radius 2 is 1.59 bits per heavy atom. The molecule has 0 radical (unpaired) electrons. The lowest BCUT2D eigenvalue weighted by atomic mass is 9.98. The summed E-state index contributed by atoms with van der Waals surface area (Å²) in [6, 6.07) is 7.17. The van der Waals surface area contributed by atoms with E-state index in [1.165, 1.54) is 0 Å². The minimum Gasteiger partial charge on any atom is -0.495 e. The highest BCUT2D eigenvalue weighted by Gasteiger charge is 2.62.